The fourth-order valence-corrected chi connectivity index (χ4v) is 11.1. The monoisotopic (exact) mass is 1040 g/mol. The van der Waals surface area contributed by atoms with Gasteiger partial charge in [-0.1, -0.05) is 20.8 Å². The van der Waals surface area contributed by atoms with Crippen LogP contribution in [0.3, 0.4) is 0 Å². The average Bonchev–Trinajstić information content (AvgIpc) is 3.54. The zero-order chi connectivity index (χ0) is 52.6. The summed E-state index contributed by atoms with van der Waals surface area (Å²) >= 11 is 0. The molecular weight excluding hydrogens is 1010 g/mol. The Morgan fingerprint density at radius 1 is 0.507 bits per heavy atom. The highest BCUT2D eigenvalue weighted by Gasteiger charge is 3.00. The van der Waals surface area contributed by atoms with E-state index in [1.807, 2.05) is 6.92 Å². The zero-order valence-corrected chi connectivity index (χ0v) is 34.3. The van der Waals surface area contributed by atoms with Crippen LogP contribution in [0.4, 0.5) is 119 Å². The molecule has 0 aromatic rings. The van der Waals surface area contributed by atoms with E-state index < -0.39 is 114 Å². The highest BCUT2D eigenvalue weighted by molar-refractivity contribution is 5.79. The first-order valence-corrected chi connectivity index (χ1v) is 19.9. The van der Waals surface area contributed by atoms with Crippen LogP contribution in [-0.2, 0) is 9.53 Å². The molecule has 4 saturated carbocycles. The van der Waals surface area contributed by atoms with Crippen LogP contribution < -0.4 is 0 Å². The molecule has 4 aliphatic carbocycles. The average molecular weight is 1040 g/mol. The molecule has 394 valence electrons. The van der Waals surface area contributed by atoms with E-state index in [2.05, 4.69) is 11.7 Å². The number of hydrogen-bond donors (Lipinski definition) is 1. The van der Waals surface area contributed by atoms with E-state index in [4.69, 9.17) is 0 Å². The van der Waals surface area contributed by atoms with Gasteiger partial charge in [0.05, 0.1) is 12.7 Å². The predicted molar refractivity (Wildman–Crippen MR) is 171 cm³/mol. The SMILES string of the molecule is C[C@H](CCOC(=O)C(F)(F)C(F)(F)C(F)(F)C(F)(F)C(F)(F)C(F)(F)C(F)(F)C(F)(F)C(F)(F)C(F)(F)C(F)(F)C(F)(F)C(F)(F)F)[C@H]1CC[C@H]2[C@@H]3CC[C@@H]4C[C@H](O)CC[C@]4(C)[C@H]3CC[C@]12C. The van der Waals surface area contributed by atoms with Gasteiger partial charge in [-0.25, -0.2) is 4.79 Å². The first kappa shape index (κ1) is 57.1. The van der Waals surface area contributed by atoms with Gasteiger partial charge in [0, 0.05) is 0 Å². The molecular formula is C37H39F27O3. The number of ether oxygens (including phenoxy) is 1. The largest absolute Gasteiger partial charge is 0.461 e. The molecule has 9 atom stereocenters. The third-order valence-electron chi connectivity index (χ3n) is 15.2. The molecule has 4 rings (SSSR count). The minimum absolute atomic E-state index is 0.0768. The van der Waals surface area contributed by atoms with Crippen molar-refractivity contribution in [1.29, 1.82) is 0 Å². The van der Waals surface area contributed by atoms with E-state index >= 15 is 0 Å². The Hall–Kier alpha value is -2.46. The van der Waals surface area contributed by atoms with Gasteiger partial charge in [0.1, 0.15) is 0 Å². The first-order valence-electron chi connectivity index (χ1n) is 19.9. The summed E-state index contributed by atoms with van der Waals surface area (Å²) in [7, 11) is 0. The lowest BCUT2D eigenvalue weighted by Gasteiger charge is -2.61. The van der Waals surface area contributed by atoms with Crippen molar-refractivity contribution in [2.45, 2.75) is 168 Å². The van der Waals surface area contributed by atoms with Crippen molar-refractivity contribution < 1.29 is 133 Å². The summed E-state index contributed by atoms with van der Waals surface area (Å²) in [4.78, 5) is 12.0. The van der Waals surface area contributed by atoms with Crippen LogP contribution >= 0.6 is 0 Å². The molecule has 0 spiro atoms. The lowest BCUT2D eigenvalue weighted by Crippen LogP contribution is -2.79. The van der Waals surface area contributed by atoms with E-state index in [1.165, 1.54) is 6.92 Å². The molecule has 0 amide bonds. The second kappa shape index (κ2) is 16.3. The van der Waals surface area contributed by atoms with E-state index in [0.29, 0.717) is 32.1 Å². The number of hydrogen-bond acceptors (Lipinski definition) is 3. The molecule has 0 radical (unpaired) electrons. The van der Waals surface area contributed by atoms with Gasteiger partial charge >= 0.3 is 83.2 Å². The molecule has 3 nitrogen and oxygen atoms in total. The van der Waals surface area contributed by atoms with Crippen molar-refractivity contribution in [3.05, 3.63) is 0 Å². The maximum Gasteiger partial charge on any atom is 0.460 e. The number of carbonyl (C=O) groups is 1. The lowest BCUT2D eigenvalue weighted by molar-refractivity contribution is -0.484. The smallest absolute Gasteiger partial charge is 0.460 e. The van der Waals surface area contributed by atoms with Gasteiger partial charge in [0.2, 0.25) is 0 Å². The van der Waals surface area contributed by atoms with Crippen LogP contribution in [0.15, 0.2) is 0 Å². The van der Waals surface area contributed by atoms with Gasteiger partial charge in [-0.3, -0.25) is 0 Å². The lowest BCUT2D eigenvalue weighted by atomic mass is 9.44. The number of fused-ring (bicyclic) bond motifs is 5. The Bertz CT molecular complexity index is 1830. The van der Waals surface area contributed by atoms with Crippen LogP contribution in [0, 0.1) is 46.3 Å². The summed E-state index contributed by atoms with van der Waals surface area (Å²) in [6.45, 7) is 4.04. The van der Waals surface area contributed by atoms with Gasteiger partial charge < -0.3 is 9.84 Å². The standard InChI is InChI=1S/C37H39F27O3/c1-15(19-6-7-20-18-5-4-16-14-17(65)8-11-23(16,2)21(18)9-12-24(19,20)3)10-13-67-22(66)25(38,39)26(40,41)27(42,43)28(44,45)29(46,47)30(48,49)31(50,51)32(52,53)33(54,55)34(56,57)35(58,59)36(60,61)37(62,63)64/h15-21,65H,4-14H2,1-3H3/t15-,16-,17-,18+,19-,20+,21+,23+,24-/m1/s1. The van der Waals surface area contributed by atoms with E-state index in [-0.39, 0.29) is 35.0 Å². The summed E-state index contributed by atoms with van der Waals surface area (Å²) < 4.78 is 378. The molecule has 4 aliphatic rings. The van der Waals surface area contributed by atoms with Gasteiger partial charge in [0.25, 0.3) is 0 Å². The number of halogens is 27. The van der Waals surface area contributed by atoms with E-state index in [1.54, 1.807) is 0 Å². The number of alkyl halides is 27. The quantitative estimate of drug-likeness (QED) is 0.124. The molecule has 0 heterocycles. The van der Waals surface area contributed by atoms with Crippen LogP contribution in [0.1, 0.15) is 85.0 Å². The minimum atomic E-state index is -9.86. The van der Waals surface area contributed by atoms with Gasteiger partial charge in [-0.15, -0.1) is 0 Å². The number of carbonyl (C=O) groups excluding carboxylic acids is 1. The molecule has 0 aliphatic heterocycles. The number of rotatable bonds is 16. The maximum atomic E-state index is 14.6. The molecule has 30 heteroatoms. The third kappa shape index (κ3) is 7.47. The molecule has 67 heavy (non-hydrogen) atoms. The Labute approximate surface area is 360 Å². The van der Waals surface area contributed by atoms with Crippen molar-refractivity contribution in [2.24, 2.45) is 46.3 Å². The summed E-state index contributed by atoms with van der Waals surface area (Å²) in [5.41, 5.74) is -0.563. The van der Waals surface area contributed by atoms with Crippen molar-refractivity contribution in [1.82, 2.24) is 0 Å². The summed E-state index contributed by atoms with van der Waals surface area (Å²) in [5, 5.41) is 10.2. The summed E-state index contributed by atoms with van der Waals surface area (Å²) in [6.07, 6.45) is -3.28. The van der Waals surface area contributed by atoms with Crippen LogP contribution in [0.2, 0.25) is 0 Å². The number of aliphatic hydroxyl groups excluding tert-OH is 1. The number of aliphatic hydroxyl groups is 1. The Balaban J connectivity index is 1.53. The van der Waals surface area contributed by atoms with Crippen LogP contribution in [-0.4, -0.2) is 101 Å². The van der Waals surface area contributed by atoms with Crippen molar-refractivity contribution in [2.75, 3.05) is 6.61 Å². The molecule has 0 bridgehead atoms. The molecule has 0 aromatic carbocycles. The van der Waals surface area contributed by atoms with Crippen LogP contribution in [0.5, 0.6) is 0 Å². The van der Waals surface area contributed by atoms with Gasteiger partial charge in [0.15, 0.2) is 0 Å². The molecule has 0 aromatic heterocycles. The van der Waals surface area contributed by atoms with Gasteiger partial charge in [-0.2, -0.15) is 119 Å². The topological polar surface area (TPSA) is 46.5 Å². The van der Waals surface area contributed by atoms with E-state index in [0.717, 1.165) is 25.7 Å². The summed E-state index contributed by atoms with van der Waals surface area (Å²) in [5.74, 6) is -116. The first-order chi connectivity index (χ1) is 29.5. The highest BCUT2D eigenvalue weighted by Crippen LogP contribution is 2.70. The fourth-order valence-electron chi connectivity index (χ4n) is 11.1. The summed E-state index contributed by atoms with van der Waals surface area (Å²) in [6, 6.07) is 0. The maximum absolute atomic E-state index is 14.6. The predicted octanol–water partition coefficient (Wildman–Crippen LogP) is 13.8. The molecule has 4 fully saturated rings. The normalized spacial score (nSPS) is 30.9. The molecule has 0 saturated heterocycles. The Kier molecular flexibility index (Phi) is 13.9. The minimum Gasteiger partial charge on any atom is -0.461 e. The Morgan fingerprint density at radius 3 is 1.30 bits per heavy atom. The van der Waals surface area contributed by atoms with E-state index in [9.17, 15) is 128 Å². The van der Waals surface area contributed by atoms with Crippen molar-refractivity contribution >= 4 is 5.97 Å². The van der Waals surface area contributed by atoms with Crippen molar-refractivity contribution in [3.8, 4) is 0 Å². The molecule has 1 N–H and O–H groups in total. The second-order valence-electron chi connectivity index (χ2n) is 18.6. The number of esters is 1. The van der Waals surface area contributed by atoms with Gasteiger partial charge in [-0.05, 0) is 111 Å². The zero-order valence-electron chi connectivity index (χ0n) is 34.3. The third-order valence-corrected chi connectivity index (χ3v) is 15.2. The molecule has 0 unspecified atom stereocenters. The second-order valence-corrected chi connectivity index (χ2v) is 18.6. The van der Waals surface area contributed by atoms with Crippen molar-refractivity contribution in [3.63, 3.8) is 0 Å². The fraction of sp³-hybridized carbons (Fsp3) is 0.973. The van der Waals surface area contributed by atoms with Crippen LogP contribution in [0.25, 0.3) is 0 Å². The highest BCUT2D eigenvalue weighted by atomic mass is 19.4. The Morgan fingerprint density at radius 2 is 0.881 bits per heavy atom.